The second kappa shape index (κ2) is 10.3. The van der Waals surface area contributed by atoms with Crippen LogP contribution in [0.1, 0.15) is 26.2 Å². The number of unbranched alkanes of at least 4 members (excludes halogenated alkanes) is 2. The molecular formula is C9H20ClN3O. The van der Waals surface area contributed by atoms with E-state index in [1.807, 2.05) is 19.0 Å². The molecule has 0 spiro atoms. The molecular weight excluding hydrogens is 202 g/mol. The molecule has 0 saturated heterocycles. The number of aliphatic imine (C=N–C) groups is 1. The normalized spacial score (nSPS) is 11.5. The predicted molar refractivity (Wildman–Crippen MR) is 63.0 cm³/mol. The Balaban J connectivity index is 0. The summed E-state index contributed by atoms with van der Waals surface area (Å²) in [5.74, 6) is 0.707. The van der Waals surface area contributed by atoms with Gasteiger partial charge in [-0.3, -0.25) is 4.99 Å². The molecule has 14 heavy (non-hydrogen) atoms. The van der Waals surface area contributed by atoms with Crippen LogP contribution in [0, 0.1) is 0 Å². The van der Waals surface area contributed by atoms with E-state index in [4.69, 9.17) is 5.21 Å². The van der Waals surface area contributed by atoms with Gasteiger partial charge in [0.15, 0.2) is 0 Å². The van der Waals surface area contributed by atoms with Crippen molar-refractivity contribution in [3.63, 3.8) is 0 Å². The Morgan fingerprint density at radius 2 is 2.00 bits per heavy atom. The van der Waals surface area contributed by atoms with Crippen LogP contribution in [0.25, 0.3) is 0 Å². The first-order valence-electron chi connectivity index (χ1n) is 4.61. The second-order valence-electron chi connectivity index (χ2n) is 3.09. The maximum atomic E-state index is 8.35. The molecule has 0 heterocycles. The molecule has 0 aliphatic rings. The van der Waals surface area contributed by atoms with E-state index in [0.29, 0.717) is 5.84 Å². The third-order valence-corrected chi connectivity index (χ3v) is 1.67. The van der Waals surface area contributed by atoms with Crippen molar-refractivity contribution in [3.05, 3.63) is 0 Å². The molecule has 0 unspecified atom stereocenters. The maximum Gasteiger partial charge on any atom is 0.145 e. The average molecular weight is 222 g/mol. The molecule has 0 aromatic carbocycles. The molecule has 0 aromatic heterocycles. The molecule has 0 rings (SSSR count). The Kier molecular flexibility index (Phi) is 11.6. The van der Waals surface area contributed by atoms with Gasteiger partial charge in [0.2, 0.25) is 0 Å². The first kappa shape index (κ1) is 15.7. The van der Waals surface area contributed by atoms with Crippen molar-refractivity contribution in [2.75, 3.05) is 20.6 Å². The van der Waals surface area contributed by atoms with Crippen LogP contribution in [0.3, 0.4) is 0 Å². The van der Waals surface area contributed by atoms with Gasteiger partial charge in [-0.2, -0.15) is 0 Å². The van der Waals surface area contributed by atoms with Gasteiger partial charge in [-0.05, 0) is 6.42 Å². The summed E-state index contributed by atoms with van der Waals surface area (Å²) in [4.78, 5) is 6.11. The first-order chi connectivity index (χ1) is 6.22. The van der Waals surface area contributed by atoms with Crippen LogP contribution in [-0.2, 0) is 0 Å². The molecule has 0 bridgehead atoms. The van der Waals surface area contributed by atoms with Crippen molar-refractivity contribution in [2.24, 2.45) is 10.1 Å². The van der Waals surface area contributed by atoms with Crippen molar-refractivity contribution in [1.29, 1.82) is 0 Å². The van der Waals surface area contributed by atoms with Crippen LogP contribution in [0.15, 0.2) is 10.1 Å². The summed E-state index contributed by atoms with van der Waals surface area (Å²) in [6.45, 7) is 2.96. The van der Waals surface area contributed by atoms with Gasteiger partial charge < -0.3 is 10.1 Å². The Labute approximate surface area is 92.1 Å². The molecule has 0 amide bonds. The van der Waals surface area contributed by atoms with Crippen LogP contribution >= 0.6 is 12.4 Å². The largest absolute Gasteiger partial charge is 0.411 e. The Morgan fingerprint density at radius 3 is 2.43 bits per heavy atom. The molecule has 0 saturated carbocycles. The Bertz CT molecular complexity index is 181. The lowest BCUT2D eigenvalue weighted by molar-refractivity contribution is 0.322. The van der Waals surface area contributed by atoms with E-state index in [9.17, 15) is 0 Å². The number of halogens is 1. The van der Waals surface area contributed by atoms with Crippen LogP contribution in [0.2, 0.25) is 0 Å². The molecule has 1 N–H and O–H groups in total. The third kappa shape index (κ3) is 7.86. The molecule has 84 valence electrons. The van der Waals surface area contributed by atoms with Crippen molar-refractivity contribution >= 4 is 24.5 Å². The first-order valence-corrected chi connectivity index (χ1v) is 4.61. The summed E-state index contributed by atoms with van der Waals surface area (Å²) in [5.41, 5.74) is 0. The molecule has 0 radical (unpaired) electrons. The molecule has 5 heteroatoms. The highest BCUT2D eigenvalue weighted by atomic mass is 35.5. The zero-order valence-corrected chi connectivity index (χ0v) is 9.92. The number of rotatable bonds is 5. The van der Waals surface area contributed by atoms with Gasteiger partial charge in [0, 0.05) is 20.6 Å². The van der Waals surface area contributed by atoms with Gasteiger partial charge in [-0.1, -0.05) is 24.9 Å². The van der Waals surface area contributed by atoms with Crippen molar-refractivity contribution < 1.29 is 5.21 Å². The predicted octanol–water partition coefficient (Wildman–Crippen LogP) is 2.02. The van der Waals surface area contributed by atoms with Gasteiger partial charge in [0.05, 0.1) is 0 Å². The lowest BCUT2D eigenvalue weighted by Crippen LogP contribution is -2.23. The SMILES string of the molecule is CCCCCN=C(/C=N/O)N(C)C.Cl. The summed E-state index contributed by atoms with van der Waals surface area (Å²) < 4.78 is 0. The number of hydrogen-bond donors (Lipinski definition) is 1. The molecule has 0 fully saturated rings. The van der Waals surface area contributed by atoms with E-state index in [1.54, 1.807) is 0 Å². The molecule has 4 nitrogen and oxygen atoms in total. The third-order valence-electron chi connectivity index (χ3n) is 1.67. The second-order valence-corrected chi connectivity index (χ2v) is 3.09. The minimum absolute atomic E-state index is 0. The fourth-order valence-corrected chi connectivity index (χ4v) is 0.905. The van der Waals surface area contributed by atoms with Crippen molar-refractivity contribution in [3.8, 4) is 0 Å². The number of nitrogens with zero attached hydrogens (tertiary/aromatic N) is 3. The smallest absolute Gasteiger partial charge is 0.145 e. The van der Waals surface area contributed by atoms with Crippen LogP contribution < -0.4 is 0 Å². The molecule has 0 aliphatic heterocycles. The number of hydrogen-bond acceptors (Lipinski definition) is 3. The van der Waals surface area contributed by atoms with Gasteiger partial charge in [0.1, 0.15) is 12.1 Å². The average Bonchev–Trinajstić information content (AvgIpc) is 2.10. The zero-order chi connectivity index (χ0) is 10.1. The van der Waals surface area contributed by atoms with Gasteiger partial charge in [0.25, 0.3) is 0 Å². The van der Waals surface area contributed by atoms with Gasteiger partial charge in [-0.25, -0.2) is 0 Å². The highest BCUT2D eigenvalue weighted by Gasteiger charge is 1.96. The highest BCUT2D eigenvalue weighted by Crippen LogP contribution is 1.94. The summed E-state index contributed by atoms with van der Waals surface area (Å²) >= 11 is 0. The van der Waals surface area contributed by atoms with Gasteiger partial charge in [-0.15, -0.1) is 12.4 Å². The molecule has 0 atom stereocenters. The van der Waals surface area contributed by atoms with Crippen molar-refractivity contribution in [1.82, 2.24) is 4.90 Å². The lowest BCUT2D eigenvalue weighted by Gasteiger charge is -2.10. The van der Waals surface area contributed by atoms with Crippen molar-refractivity contribution in [2.45, 2.75) is 26.2 Å². The van der Waals surface area contributed by atoms with E-state index in [1.165, 1.54) is 19.1 Å². The fraction of sp³-hybridized carbons (Fsp3) is 0.778. The summed E-state index contributed by atoms with van der Waals surface area (Å²) in [6, 6.07) is 0. The summed E-state index contributed by atoms with van der Waals surface area (Å²) in [5, 5.41) is 11.3. The molecule has 0 aromatic rings. The van der Waals surface area contributed by atoms with Crippen LogP contribution in [0.5, 0.6) is 0 Å². The minimum atomic E-state index is 0. The zero-order valence-electron chi connectivity index (χ0n) is 9.10. The minimum Gasteiger partial charge on any atom is -0.411 e. The van der Waals surface area contributed by atoms with E-state index in [2.05, 4.69) is 17.1 Å². The lowest BCUT2D eigenvalue weighted by atomic mass is 10.2. The van der Waals surface area contributed by atoms with Crippen LogP contribution in [-0.4, -0.2) is 42.8 Å². The van der Waals surface area contributed by atoms with E-state index >= 15 is 0 Å². The highest BCUT2D eigenvalue weighted by molar-refractivity contribution is 6.28. The van der Waals surface area contributed by atoms with Crippen LogP contribution in [0.4, 0.5) is 0 Å². The van der Waals surface area contributed by atoms with E-state index in [-0.39, 0.29) is 12.4 Å². The quantitative estimate of drug-likeness (QED) is 0.254. The number of oxime groups is 1. The Hall–Kier alpha value is -0.770. The topological polar surface area (TPSA) is 48.2 Å². The maximum absolute atomic E-state index is 8.35. The summed E-state index contributed by atoms with van der Waals surface area (Å²) in [7, 11) is 3.75. The molecule has 0 aliphatic carbocycles. The fourth-order valence-electron chi connectivity index (χ4n) is 0.905. The number of amidine groups is 1. The van der Waals surface area contributed by atoms with E-state index < -0.39 is 0 Å². The van der Waals surface area contributed by atoms with Gasteiger partial charge >= 0.3 is 0 Å². The monoisotopic (exact) mass is 221 g/mol. The Morgan fingerprint density at radius 1 is 1.36 bits per heavy atom. The standard InChI is InChI=1S/C9H19N3O.ClH/c1-4-5-6-7-10-9(8-11-13)12(2)3;/h8,13H,4-7H2,1-3H3;1H/b10-9?,11-8+;. The summed E-state index contributed by atoms with van der Waals surface area (Å²) in [6.07, 6.45) is 4.83. The van der Waals surface area contributed by atoms with E-state index in [0.717, 1.165) is 13.0 Å².